The average molecular weight is 510 g/mol. The molecule has 0 atom stereocenters. The number of aromatic nitrogens is 1. The fourth-order valence-corrected chi connectivity index (χ4v) is 7.77. The third-order valence-corrected chi connectivity index (χ3v) is 9.68. The molecule has 0 amide bonds. The number of hydrogen-bond acceptors (Lipinski definition) is 5. The van der Waals surface area contributed by atoms with E-state index in [1.54, 1.807) is 17.4 Å². The van der Waals surface area contributed by atoms with Crippen LogP contribution in [0.1, 0.15) is 40.8 Å². The lowest BCUT2D eigenvalue weighted by Gasteiger charge is -2.31. The molecule has 2 heterocycles. The Hall–Kier alpha value is -1.60. The molecule has 1 aliphatic heterocycles. The summed E-state index contributed by atoms with van der Waals surface area (Å²) in [4.78, 5) is 7.26. The number of hydrogen-bond donors (Lipinski definition) is 0. The quantitative estimate of drug-likeness (QED) is 0.399. The number of benzene rings is 2. The lowest BCUT2D eigenvalue weighted by molar-refractivity contribution is 0.529. The summed E-state index contributed by atoms with van der Waals surface area (Å²) in [5.74, 6) is 0. The Morgan fingerprint density at radius 3 is 2.19 bits per heavy atom. The van der Waals surface area contributed by atoms with Crippen molar-refractivity contribution < 1.29 is 8.42 Å². The van der Waals surface area contributed by atoms with Crippen molar-refractivity contribution in [2.24, 2.45) is 0 Å². The Kier molecular flexibility index (Phi) is 6.87. The summed E-state index contributed by atoms with van der Waals surface area (Å²) in [7, 11) is -3.47. The molecule has 4 rings (SSSR count). The van der Waals surface area contributed by atoms with Gasteiger partial charge < -0.3 is 4.90 Å². The molecular weight excluding hydrogens is 483 g/mol. The zero-order valence-corrected chi connectivity index (χ0v) is 21.5. The number of sulfone groups is 1. The van der Waals surface area contributed by atoms with Crippen LogP contribution in [-0.4, -0.2) is 31.7 Å². The van der Waals surface area contributed by atoms with Gasteiger partial charge in [0.2, 0.25) is 0 Å². The fraction of sp³-hybridized carbons (Fsp3) is 0.375. The summed E-state index contributed by atoms with van der Waals surface area (Å²) < 4.78 is 26.2. The fourth-order valence-electron chi connectivity index (χ4n) is 4.44. The molecule has 1 aromatic heterocycles. The predicted molar refractivity (Wildman–Crippen MR) is 134 cm³/mol. The Morgan fingerprint density at radius 2 is 1.59 bits per heavy atom. The van der Waals surface area contributed by atoms with Gasteiger partial charge >= 0.3 is 0 Å². The molecule has 0 unspecified atom stereocenters. The third-order valence-electron chi connectivity index (χ3n) is 6.05. The van der Waals surface area contributed by atoms with Crippen molar-refractivity contribution in [3.05, 3.63) is 73.7 Å². The summed E-state index contributed by atoms with van der Waals surface area (Å²) in [5, 5.41) is 3.31. The van der Waals surface area contributed by atoms with Crippen molar-refractivity contribution in [3.63, 3.8) is 0 Å². The Bertz CT molecular complexity index is 1200. The first-order valence-electron chi connectivity index (χ1n) is 10.6. The van der Waals surface area contributed by atoms with Crippen LogP contribution in [0.5, 0.6) is 0 Å². The molecule has 0 aliphatic carbocycles. The predicted octanol–water partition coefficient (Wildman–Crippen LogP) is 6.41. The number of aryl methyl sites for hydroxylation is 3. The number of halogens is 2. The van der Waals surface area contributed by atoms with Crippen molar-refractivity contribution in [1.82, 2.24) is 4.98 Å². The molecule has 0 N–H and O–H groups in total. The molecule has 4 nitrogen and oxygen atoms in total. The van der Waals surface area contributed by atoms with Crippen LogP contribution in [0.4, 0.5) is 5.13 Å². The Labute approximate surface area is 204 Å². The van der Waals surface area contributed by atoms with Crippen molar-refractivity contribution >= 4 is 49.5 Å². The largest absolute Gasteiger partial charge is 0.348 e. The molecule has 3 aromatic rings. The van der Waals surface area contributed by atoms with Crippen LogP contribution < -0.4 is 4.90 Å². The van der Waals surface area contributed by atoms with Crippen molar-refractivity contribution in [2.45, 2.75) is 50.2 Å². The first-order chi connectivity index (χ1) is 15.1. The standard InChI is InChI=1S/C24H26Cl2N2O2S2/c1-15-8-16(2)23(17(3)9-15)13-20-14-31-24(27-20)28-6-4-21(5-7-28)32(29,30)22-11-18(25)10-19(26)12-22/h8-12,14,21H,4-7,13H2,1-3H3. The number of rotatable bonds is 5. The van der Waals surface area contributed by atoms with Gasteiger partial charge in [0, 0.05) is 34.9 Å². The highest BCUT2D eigenvalue weighted by molar-refractivity contribution is 7.92. The first kappa shape index (κ1) is 23.6. The number of anilines is 1. The van der Waals surface area contributed by atoms with Gasteiger partial charge in [-0.1, -0.05) is 40.9 Å². The Balaban J connectivity index is 1.44. The highest BCUT2D eigenvalue weighted by Gasteiger charge is 2.32. The number of thiazole rings is 1. The smallest absolute Gasteiger partial charge is 0.185 e. The van der Waals surface area contributed by atoms with E-state index in [9.17, 15) is 8.42 Å². The molecule has 170 valence electrons. The van der Waals surface area contributed by atoms with E-state index >= 15 is 0 Å². The van der Waals surface area contributed by atoms with Crippen LogP contribution in [0.15, 0.2) is 40.6 Å². The summed E-state index contributed by atoms with van der Waals surface area (Å²) in [6.07, 6.45) is 1.92. The van der Waals surface area contributed by atoms with E-state index in [1.807, 2.05) is 0 Å². The molecule has 1 fully saturated rings. The number of piperidine rings is 1. The second-order valence-electron chi connectivity index (χ2n) is 8.51. The third kappa shape index (κ3) is 4.98. The van der Waals surface area contributed by atoms with Gasteiger partial charge in [0.25, 0.3) is 0 Å². The van der Waals surface area contributed by atoms with E-state index in [0.717, 1.165) is 17.2 Å². The monoisotopic (exact) mass is 508 g/mol. The minimum atomic E-state index is -3.47. The van der Waals surface area contributed by atoms with E-state index in [-0.39, 0.29) is 4.90 Å². The van der Waals surface area contributed by atoms with Gasteiger partial charge in [-0.05, 0) is 68.5 Å². The maximum absolute atomic E-state index is 13.1. The van der Waals surface area contributed by atoms with Crippen molar-refractivity contribution in [3.8, 4) is 0 Å². The molecule has 0 bridgehead atoms. The maximum atomic E-state index is 13.1. The zero-order chi connectivity index (χ0) is 23.0. The number of nitrogens with zero attached hydrogens (tertiary/aromatic N) is 2. The van der Waals surface area contributed by atoms with Gasteiger partial charge in [-0.2, -0.15) is 0 Å². The topological polar surface area (TPSA) is 50.3 Å². The molecule has 1 aliphatic rings. The molecule has 0 radical (unpaired) electrons. The van der Waals surface area contributed by atoms with Gasteiger partial charge in [-0.15, -0.1) is 11.3 Å². The highest BCUT2D eigenvalue weighted by atomic mass is 35.5. The molecule has 2 aromatic carbocycles. The summed E-state index contributed by atoms with van der Waals surface area (Å²) in [5.41, 5.74) is 6.26. The normalized spacial score (nSPS) is 15.3. The van der Waals surface area contributed by atoms with E-state index in [2.05, 4.69) is 43.2 Å². The van der Waals surface area contributed by atoms with Gasteiger partial charge in [0.1, 0.15) is 0 Å². The van der Waals surface area contributed by atoms with Crippen LogP contribution in [-0.2, 0) is 16.3 Å². The second kappa shape index (κ2) is 9.34. The molecule has 0 saturated carbocycles. The maximum Gasteiger partial charge on any atom is 0.185 e. The minimum absolute atomic E-state index is 0.203. The van der Waals surface area contributed by atoms with E-state index in [4.69, 9.17) is 28.2 Å². The summed E-state index contributed by atoms with van der Waals surface area (Å²) in [6, 6.07) is 8.95. The molecule has 1 saturated heterocycles. The van der Waals surface area contributed by atoms with Crippen LogP contribution >= 0.6 is 34.5 Å². The van der Waals surface area contributed by atoms with Crippen LogP contribution in [0.25, 0.3) is 0 Å². The van der Waals surface area contributed by atoms with E-state index in [1.165, 1.54) is 34.4 Å². The molecule has 0 spiro atoms. The van der Waals surface area contributed by atoms with Gasteiger partial charge in [0.05, 0.1) is 15.8 Å². The zero-order valence-electron chi connectivity index (χ0n) is 18.4. The summed E-state index contributed by atoms with van der Waals surface area (Å²) in [6.45, 7) is 7.75. The van der Waals surface area contributed by atoms with Crippen LogP contribution in [0, 0.1) is 20.8 Å². The average Bonchev–Trinajstić information content (AvgIpc) is 3.19. The second-order valence-corrected chi connectivity index (χ2v) is 12.4. The van der Waals surface area contributed by atoms with Crippen molar-refractivity contribution in [1.29, 1.82) is 0 Å². The van der Waals surface area contributed by atoms with E-state index in [0.29, 0.717) is 36.0 Å². The van der Waals surface area contributed by atoms with Gasteiger partial charge in [-0.25, -0.2) is 13.4 Å². The summed E-state index contributed by atoms with van der Waals surface area (Å²) >= 11 is 13.7. The molecule has 32 heavy (non-hydrogen) atoms. The SMILES string of the molecule is Cc1cc(C)c(Cc2csc(N3CCC(S(=O)(=O)c4cc(Cl)cc(Cl)c4)CC3)n2)c(C)c1. The van der Waals surface area contributed by atoms with Crippen molar-refractivity contribution in [2.75, 3.05) is 18.0 Å². The molecular formula is C24H26Cl2N2O2S2. The lowest BCUT2D eigenvalue weighted by atomic mass is 9.96. The van der Waals surface area contributed by atoms with Crippen LogP contribution in [0.3, 0.4) is 0 Å². The van der Waals surface area contributed by atoms with Crippen LogP contribution in [0.2, 0.25) is 10.0 Å². The van der Waals surface area contributed by atoms with Gasteiger partial charge in [-0.3, -0.25) is 0 Å². The Morgan fingerprint density at radius 1 is 1.00 bits per heavy atom. The van der Waals surface area contributed by atoms with E-state index < -0.39 is 15.1 Å². The first-order valence-corrected chi connectivity index (χ1v) is 13.8. The lowest BCUT2D eigenvalue weighted by Crippen LogP contribution is -2.39. The highest BCUT2D eigenvalue weighted by Crippen LogP contribution is 2.32. The molecule has 8 heteroatoms. The van der Waals surface area contributed by atoms with Gasteiger partial charge in [0.15, 0.2) is 15.0 Å². The minimum Gasteiger partial charge on any atom is -0.348 e.